The summed E-state index contributed by atoms with van der Waals surface area (Å²) >= 11 is 0. The van der Waals surface area contributed by atoms with E-state index in [1.807, 2.05) is 56.3 Å². The second-order valence-electron chi connectivity index (χ2n) is 11.3. The van der Waals surface area contributed by atoms with Gasteiger partial charge in [-0.25, -0.2) is 0 Å². The molecule has 42 heavy (non-hydrogen) atoms. The van der Waals surface area contributed by atoms with Gasteiger partial charge in [0.1, 0.15) is 5.69 Å². The summed E-state index contributed by atoms with van der Waals surface area (Å²) in [5.41, 5.74) is 6.54. The highest BCUT2D eigenvalue weighted by atomic mass is 15.1. The first-order valence-corrected chi connectivity index (χ1v) is 15.9. The van der Waals surface area contributed by atoms with Crippen molar-refractivity contribution in [1.29, 1.82) is 0 Å². The van der Waals surface area contributed by atoms with Crippen LogP contribution >= 0.6 is 0 Å². The molecule has 0 fully saturated rings. The number of hydrogen-bond donors (Lipinski definition) is 1. The Morgan fingerprint density at radius 2 is 1.19 bits per heavy atom. The summed E-state index contributed by atoms with van der Waals surface area (Å²) in [6.45, 7) is 7.30. The van der Waals surface area contributed by atoms with Crippen LogP contribution < -0.4 is 5.32 Å². The van der Waals surface area contributed by atoms with Gasteiger partial charge in [0.05, 0.1) is 22.7 Å². The maximum Gasteiger partial charge on any atom is 0.117 e. The number of rotatable bonds is 17. The molecular weight excluding hydrogens is 514 g/mol. The van der Waals surface area contributed by atoms with Crippen molar-refractivity contribution in [3.8, 4) is 0 Å². The van der Waals surface area contributed by atoms with E-state index in [-0.39, 0.29) is 0 Å². The number of benzene rings is 4. The van der Waals surface area contributed by atoms with Gasteiger partial charge in [0.15, 0.2) is 0 Å². The monoisotopic (exact) mass is 561 g/mol. The molecule has 220 valence electrons. The van der Waals surface area contributed by atoms with Crippen LogP contribution in [0.25, 0.3) is 10.8 Å². The van der Waals surface area contributed by atoms with E-state index in [1.165, 1.54) is 64.2 Å². The number of aryl methyl sites for hydroxylation is 2. The van der Waals surface area contributed by atoms with Crippen molar-refractivity contribution in [1.82, 2.24) is 0 Å². The number of azo groups is 2. The van der Waals surface area contributed by atoms with Gasteiger partial charge in [-0.3, -0.25) is 0 Å². The van der Waals surface area contributed by atoms with Crippen molar-refractivity contribution in [2.45, 2.75) is 91.4 Å². The predicted octanol–water partition coefficient (Wildman–Crippen LogP) is 13.0. The third-order valence-electron chi connectivity index (χ3n) is 7.82. The van der Waals surface area contributed by atoms with Crippen molar-refractivity contribution in [3.63, 3.8) is 0 Å². The second-order valence-corrected chi connectivity index (χ2v) is 11.3. The zero-order chi connectivity index (χ0) is 29.4. The molecule has 5 nitrogen and oxygen atoms in total. The highest BCUT2D eigenvalue weighted by Crippen LogP contribution is 2.36. The molecule has 0 heterocycles. The quantitative estimate of drug-likeness (QED) is 0.101. The average Bonchev–Trinajstić information content (AvgIpc) is 3.01. The molecule has 0 amide bonds. The summed E-state index contributed by atoms with van der Waals surface area (Å²) in [5, 5.41) is 24.2. The van der Waals surface area contributed by atoms with Gasteiger partial charge in [0.25, 0.3) is 0 Å². The Morgan fingerprint density at radius 1 is 0.548 bits per heavy atom. The first kappa shape index (κ1) is 31.1. The van der Waals surface area contributed by atoms with Gasteiger partial charge in [-0.2, -0.15) is 15.3 Å². The minimum absolute atomic E-state index is 0.800. The van der Waals surface area contributed by atoms with E-state index >= 15 is 0 Å². The van der Waals surface area contributed by atoms with E-state index in [1.54, 1.807) is 0 Å². The number of unbranched alkanes of at least 4 members (excludes halogenated alkanes) is 10. The molecule has 0 saturated carbocycles. The van der Waals surface area contributed by atoms with E-state index in [4.69, 9.17) is 5.11 Å². The van der Waals surface area contributed by atoms with Crippen LogP contribution in [0.15, 0.2) is 99.3 Å². The molecule has 0 saturated heterocycles. The second kappa shape index (κ2) is 17.2. The van der Waals surface area contributed by atoms with Crippen LogP contribution in [0, 0.1) is 13.8 Å². The van der Waals surface area contributed by atoms with Gasteiger partial charge >= 0.3 is 0 Å². The van der Waals surface area contributed by atoms with E-state index < -0.39 is 0 Å². The van der Waals surface area contributed by atoms with Crippen LogP contribution in [-0.2, 0) is 0 Å². The molecule has 4 aromatic carbocycles. The standard InChI is InChI=1S/C37H47N5/c1-4-5-6-7-8-9-10-11-12-13-18-27-38-36-25-23-31-20-15-16-21-33(31)37(36)42-41-35-26-24-32(28-30(35)3)39-40-34-22-17-14-19-29(34)2/h14-17,19-26,28,38H,4-13,18,27H2,1-3H3/b40-39+,42-41+. The van der Waals surface area contributed by atoms with Gasteiger partial charge in [-0.05, 0) is 67.1 Å². The van der Waals surface area contributed by atoms with Gasteiger partial charge in [0, 0.05) is 11.9 Å². The summed E-state index contributed by atoms with van der Waals surface area (Å²) in [7, 11) is 0. The molecule has 0 radical (unpaired) electrons. The highest BCUT2D eigenvalue weighted by molar-refractivity contribution is 5.98. The molecule has 0 aliphatic carbocycles. The van der Waals surface area contributed by atoms with Crippen LogP contribution in [0.2, 0.25) is 0 Å². The third-order valence-corrected chi connectivity index (χ3v) is 7.82. The molecule has 5 heteroatoms. The number of anilines is 1. The minimum Gasteiger partial charge on any atom is -0.383 e. The van der Waals surface area contributed by atoms with Crippen molar-refractivity contribution in [3.05, 3.63) is 90.0 Å². The molecular formula is C37H47N5. The summed E-state index contributed by atoms with van der Waals surface area (Å²) in [6, 6.07) is 26.6. The van der Waals surface area contributed by atoms with Crippen LogP contribution in [0.3, 0.4) is 0 Å². The summed E-state index contributed by atoms with van der Waals surface area (Å²) in [4.78, 5) is 0. The normalized spacial score (nSPS) is 11.7. The van der Waals surface area contributed by atoms with Crippen molar-refractivity contribution >= 4 is 39.2 Å². The lowest BCUT2D eigenvalue weighted by molar-refractivity contribution is 0.552. The lowest BCUT2D eigenvalue weighted by Gasteiger charge is -2.12. The molecule has 0 aliphatic heterocycles. The fraction of sp³-hybridized carbons (Fsp3) is 0.405. The zero-order valence-electron chi connectivity index (χ0n) is 25.8. The van der Waals surface area contributed by atoms with Crippen LogP contribution in [-0.4, -0.2) is 6.54 Å². The lowest BCUT2D eigenvalue weighted by atomic mass is 10.1. The van der Waals surface area contributed by atoms with Crippen LogP contribution in [0.4, 0.5) is 28.4 Å². The van der Waals surface area contributed by atoms with Crippen LogP contribution in [0.1, 0.15) is 88.7 Å². The highest BCUT2D eigenvalue weighted by Gasteiger charge is 2.08. The maximum absolute atomic E-state index is 4.78. The van der Waals surface area contributed by atoms with E-state index in [9.17, 15) is 0 Å². The Bertz CT molecular complexity index is 1460. The Balaban J connectivity index is 1.34. The Morgan fingerprint density at radius 3 is 1.93 bits per heavy atom. The SMILES string of the molecule is CCCCCCCCCCCCCNc1ccc2ccccc2c1/N=N/c1ccc(/N=N/c2ccccc2C)cc1C. The number of fused-ring (bicyclic) bond motifs is 1. The number of hydrogen-bond acceptors (Lipinski definition) is 5. The molecule has 0 aromatic heterocycles. The maximum atomic E-state index is 4.78. The summed E-state index contributed by atoms with van der Waals surface area (Å²) in [6.07, 6.45) is 14.8. The van der Waals surface area contributed by atoms with Gasteiger partial charge < -0.3 is 5.32 Å². The number of nitrogens with one attached hydrogen (secondary N) is 1. The van der Waals surface area contributed by atoms with Crippen molar-refractivity contribution < 1.29 is 0 Å². The largest absolute Gasteiger partial charge is 0.383 e. The Kier molecular flexibility index (Phi) is 12.7. The Labute approximate surface area is 252 Å². The molecule has 0 aliphatic rings. The summed E-state index contributed by atoms with van der Waals surface area (Å²) in [5.74, 6) is 0. The molecule has 1 N–H and O–H groups in total. The van der Waals surface area contributed by atoms with Crippen molar-refractivity contribution in [2.75, 3.05) is 11.9 Å². The molecule has 0 bridgehead atoms. The fourth-order valence-corrected chi connectivity index (χ4v) is 5.22. The molecule has 0 atom stereocenters. The average molecular weight is 562 g/mol. The fourth-order valence-electron chi connectivity index (χ4n) is 5.22. The molecule has 0 spiro atoms. The van der Waals surface area contributed by atoms with Gasteiger partial charge in [0.2, 0.25) is 0 Å². The van der Waals surface area contributed by atoms with Gasteiger partial charge in [-0.15, -0.1) is 5.11 Å². The van der Waals surface area contributed by atoms with E-state index in [0.717, 1.165) is 63.3 Å². The predicted molar refractivity (Wildman–Crippen MR) is 180 cm³/mol. The first-order valence-electron chi connectivity index (χ1n) is 15.9. The smallest absolute Gasteiger partial charge is 0.117 e. The minimum atomic E-state index is 0.800. The lowest BCUT2D eigenvalue weighted by Crippen LogP contribution is -2.01. The van der Waals surface area contributed by atoms with E-state index in [0.29, 0.717) is 0 Å². The van der Waals surface area contributed by atoms with E-state index in [2.05, 4.69) is 64.0 Å². The molecule has 0 unspecified atom stereocenters. The van der Waals surface area contributed by atoms with Gasteiger partial charge in [-0.1, -0.05) is 120 Å². The van der Waals surface area contributed by atoms with Crippen molar-refractivity contribution in [2.24, 2.45) is 20.5 Å². The number of nitrogens with zero attached hydrogens (tertiary/aromatic N) is 4. The molecule has 4 aromatic rings. The third kappa shape index (κ3) is 9.61. The zero-order valence-corrected chi connectivity index (χ0v) is 25.8. The van der Waals surface area contributed by atoms with Crippen LogP contribution in [0.5, 0.6) is 0 Å². The summed E-state index contributed by atoms with van der Waals surface area (Å²) < 4.78 is 0. The Hall–Kier alpha value is -3.86. The first-order chi connectivity index (χ1) is 20.7. The topological polar surface area (TPSA) is 61.5 Å². The molecule has 4 rings (SSSR count).